The van der Waals surface area contributed by atoms with E-state index in [1.807, 2.05) is 0 Å². The van der Waals surface area contributed by atoms with Crippen molar-refractivity contribution in [1.29, 1.82) is 0 Å². The fourth-order valence-corrected chi connectivity index (χ4v) is 1.37. The van der Waals surface area contributed by atoms with Gasteiger partial charge in [-0.2, -0.15) is 0 Å². The first kappa shape index (κ1) is 9.39. The largest absolute Gasteiger partial charge is 0.359 e. The molecule has 3 nitrogen and oxygen atoms in total. The standard InChI is InChI=1S/C9H19N3/c1-3-5-9(10)12-7-6-11(4-2)8-12/h6-7,9H,3-5,8,10H2,1-2H3. The summed E-state index contributed by atoms with van der Waals surface area (Å²) < 4.78 is 0. The molecule has 1 atom stereocenters. The van der Waals surface area contributed by atoms with Gasteiger partial charge < -0.3 is 15.5 Å². The summed E-state index contributed by atoms with van der Waals surface area (Å²) in [5, 5.41) is 0. The lowest BCUT2D eigenvalue weighted by Crippen LogP contribution is -2.39. The molecule has 0 fully saturated rings. The van der Waals surface area contributed by atoms with E-state index in [0.29, 0.717) is 0 Å². The van der Waals surface area contributed by atoms with Crippen LogP contribution in [0.25, 0.3) is 0 Å². The Bertz CT molecular complexity index is 156. The van der Waals surface area contributed by atoms with Crippen LogP contribution in [0, 0.1) is 0 Å². The molecule has 1 aliphatic heterocycles. The Morgan fingerprint density at radius 3 is 2.67 bits per heavy atom. The highest BCUT2D eigenvalue weighted by molar-refractivity contribution is 4.91. The van der Waals surface area contributed by atoms with Crippen molar-refractivity contribution >= 4 is 0 Å². The van der Waals surface area contributed by atoms with Gasteiger partial charge in [0.25, 0.3) is 0 Å². The number of hydrogen-bond acceptors (Lipinski definition) is 3. The zero-order valence-corrected chi connectivity index (χ0v) is 8.03. The van der Waals surface area contributed by atoms with Crippen LogP contribution in [0.2, 0.25) is 0 Å². The summed E-state index contributed by atoms with van der Waals surface area (Å²) in [6.07, 6.45) is 6.61. The van der Waals surface area contributed by atoms with Crippen molar-refractivity contribution in [3.05, 3.63) is 12.4 Å². The quantitative estimate of drug-likeness (QED) is 0.685. The normalized spacial score (nSPS) is 18.9. The number of rotatable bonds is 4. The van der Waals surface area contributed by atoms with Gasteiger partial charge in [0, 0.05) is 18.9 Å². The van der Waals surface area contributed by atoms with E-state index in [-0.39, 0.29) is 6.17 Å². The van der Waals surface area contributed by atoms with Gasteiger partial charge in [-0.3, -0.25) is 0 Å². The molecule has 1 heterocycles. The van der Waals surface area contributed by atoms with Gasteiger partial charge in [-0.15, -0.1) is 0 Å². The molecule has 2 N–H and O–H groups in total. The Morgan fingerprint density at radius 2 is 2.17 bits per heavy atom. The summed E-state index contributed by atoms with van der Waals surface area (Å²) in [4.78, 5) is 4.43. The second-order valence-corrected chi connectivity index (χ2v) is 3.21. The van der Waals surface area contributed by atoms with Crippen LogP contribution in [-0.4, -0.2) is 29.2 Å². The molecule has 1 aliphatic rings. The second-order valence-electron chi connectivity index (χ2n) is 3.21. The highest BCUT2D eigenvalue weighted by Gasteiger charge is 2.15. The highest BCUT2D eigenvalue weighted by Crippen LogP contribution is 2.10. The van der Waals surface area contributed by atoms with Crippen LogP contribution in [0.5, 0.6) is 0 Å². The minimum absolute atomic E-state index is 0.197. The summed E-state index contributed by atoms with van der Waals surface area (Å²) >= 11 is 0. The third kappa shape index (κ3) is 2.14. The molecule has 0 aromatic carbocycles. The van der Waals surface area contributed by atoms with E-state index in [4.69, 9.17) is 5.73 Å². The van der Waals surface area contributed by atoms with Gasteiger partial charge in [-0.1, -0.05) is 13.3 Å². The van der Waals surface area contributed by atoms with Gasteiger partial charge >= 0.3 is 0 Å². The zero-order valence-electron chi connectivity index (χ0n) is 8.03. The molecule has 0 saturated heterocycles. The highest BCUT2D eigenvalue weighted by atomic mass is 15.4. The Balaban J connectivity index is 2.32. The fraction of sp³-hybridized carbons (Fsp3) is 0.778. The van der Waals surface area contributed by atoms with Gasteiger partial charge in [0.2, 0.25) is 0 Å². The van der Waals surface area contributed by atoms with Gasteiger partial charge in [0.15, 0.2) is 0 Å². The van der Waals surface area contributed by atoms with E-state index in [9.17, 15) is 0 Å². The molecule has 1 unspecified atom stereocenters. The maximum Gasteiger partial charge on any atom is 0.0908 e. The van der Waals surface area contributed by atoms with Crippen molar-refractivity contribution in [2.75, 3.05) is 13.2 Å². The number of hydrogen-bond donors (Lipinski definition) is 1. The van der Waals surface area contributed by atoms with Crippen molar-refractivity contribution in [2.24, 2.45) is 5.73 Å². The Labute approximate surface area is 74.8 Å². The average molecular weight is 169 g/mol. The monoisotopic (exact) mass is 169 g/mol. The second kappa shape index (κ2) is 4.36. The predicted molar refractivity (Wildman–Crippen MR) is 51.1 cm³/mol. The molecule has 0 aromatic heterocycles. The summed E-state index contributed by atoms with van der Waals surface area (Å²) in [7, 11) is 0. The van der Waals surface area contributed by atoms with Crippen LogP contribution < -0.4 is 5.73 Å². The van der Waals surface area contributed by atoms with E-state index < -0.39 is 0 Å². The van der Waals surface area contributed by atoms with Crippen LogP contribution in [0.15, 0.2) is 12.4 Å². The molecule has 0 bridgehead atoms. The maximum absolute atomic E-state index is 5.95. The molecule has 0 spiro atoms. The summed E-state index contributed by atoms with van der Waals surface area (Å²) in [6.45, 7) is 6.33. The summed E-state index contributed by atoms with van der Waals surface area (Å²) in [5.41, 5.74) is 5.95. The molecule has 0 aromatic rings. The topological polar surface area (TPSA) is 32.5 Å². The number of nitrogens with zero attached hydrogens (tertiary/aromatic N) is 2. The van der Waals surface area contributed by atoms with Crippen molar-refractivity contribution in [1.82, 2.24) is 9.80 Å². The van der Waals surface area contributed by atoms with E-state index in [0.717, 1.165) is 26.1 Å². The Hall–Kier alpha value is -0.700. The average Bonchev–Trinajstić information content (AvgIpc) is 2.52. The Kier molecular flexibility index (Phi) is 3.41. The molecular weight excluding hydrogens is 150 g/mol. The lowest BCUT2D eigenvalue weighted by atomic mass is 10.3. The van der Waals surface area contributed by atoms with Gasteiger partial charge in [0.1, 0.15) is 0 Å². The molecule has 0 aliphatic carbocycles. The third-order valence-corrected chi connectivity index (χ3v) is 2.23. The predicted octanol–water partition coefficient (Wildman–Crippen LogP) is 1.14. The summed E-state index contributed by atoms with van der Waals surface area (Å²) in [5.74, 6) is 0. The van der Waals surface area contributed by atoms with E-state index in [2.05, 4.69) is 36.0 Å². The molecule has 0 radical (unpaired) electrons. The molecule has 0 saturated carbocycles. The molecule has 1 rings (SSSR count). The maximum atomic E-state index is 5.95. The van der Waals surface area contributed by atoms with E-state index >= 15 is 0 Å². The minimum Gasteiger partial charge on any atom is -0.359 e. The lowest BCUT2D eigenvalue weighted by molar-refractivity contribution is 0.210. The first-order valence-corrected chi connectivity index (χ1v) is 4.71. The van der Waals surface area contributed by atoms with Crippen LogP contribution in [0.3, 0.4) is 0 Å². The van der Waals surface area contributed by atoms with Crippen LogP contribution >= 0.6 is 0 Å². The van der Waals surface area contributed by atoms with Crippen molar-refractivity contribution < 1.29 is 0 Å². The fourth-order valence-electron chi connectivity index (χ4n) is 1.37. The van der Waals surface area contributed by atoms with Crippen molar-refractivity contribution in [3.8, 4) is 0 Å². The summed E-state index contributed by atoms with van der Waals surface area (Å²) in [6, 6.07) is 0. The first-order valence-electron chi connectivity index (χ1n) is 4.71. The smallest absolute Gasteiger partial charge is 0.0908 e. The van der Waals surface area contributed by atoms with Gasteiger partial charge in [0.05, 0.1) is 12.8 Å². The van der Waals surface area contributed by atoms with Crippen LogP contribution in [0.4, 0.5) is 0 Å². The lowest BCUT2D eigenvalue weighted by Gasteiger charge is -2.25. The number of nitrogens with two attached hydrogens (primary N) is 1. The molecule has 3 heteroatoms. The molecular formula is C9H19N3. The van der Waals surface area contributed by atoms with Crippen LogP contribution in [0.1, 0.15) is 26.7 Å². The van der Waals surface area contributed by atoms with Crippen molar-refractivity contribution in [2.45, 2.75) is 32.9 Å². The van der Waals surface area contributed by atoms with Crippen molar-refractivity contribution in [3.63, 3.8) is 0 Å². The molecule has 12 heavy (non-hydrogen) atoms. The van der Waals surface area contributed by atoms with E-state index in [1.165, 1.54) is 0 Å². The minimum atomic E-state index is 0.197. The van der Waals surface area contributed by atoms with Gasteiger partial charge in [-0.25, -0.2) is 0 Å². The van der Waals surface area contributed by atoms with E-state index in [1.54, 1.807) is 0 Å². The molecule has 70 valence electrons. The first-order chi connectivity index (χ1) is 5.77. The Morgan fingerprint density at radius 1 is 1.42 bits per heavy atom. The van der Waals surface area contributed by atoms with Gasteiger partial charge in [-0.05, 0) is 13.3 Å². The van der Waals surface area contributed by atoms with Crippen LogP contribution in [-0.2, 0) is 0 Å². The zero-order chi connectivity index (χ0) is 8.97. The SMILES string of the molecule is CCCC(N)N1C=CN(CC)C1. The third-order valence-electron chi connectivity index (χ3n) is 2.23. The molecule has 0 amide bonds.